The van der Waals surface area contributed by atoms with Crippen molar-refractivity contribution in [2.75, 3.05) is 29.0 Å². The summed E-state index contributed by atoms with van der Waals surface area (Å²) >= 11 is 0. The molecule has 0 spiro atoms. The first-order valence-corrected chi connectivity index (χ1v) is 9.33. The Balaban J connectivity index is 1.62. The van der Waals surface area contributed by atoms with Crippen molar-refractivity contribution in [1.82, 2.24) is 9.97 Å². The molecule has 134 valence electrons. The van der Waals surface area contributed by atoms with Crippen LogP contribution < -0.4 is 16.0 Å². The summed E-state index contributed by atoms with van der Waals surface area (Å²) in [6.07, 6.45) is 6.16. The molecule has 1 unspecified atom stereocenters. The molecule has 1 aromatic carbocycles. The fraction of sp³-hybridized carbons (Fsp3) is 0.500. The standard InChI is InChI=1S/C20H29N5/c1-3-15(2)24-19-18(21)20(23-14-22-19)25-11-9-17(10-12-25)13-16-7-5-4-6-8-16/h4-8,14-15,17H,3,9-13,21H2,1-2H3,(H,22,23,24). The molecule has 1 atom stereocenters. The van der Waals surface area contributed by atoms with Gasteiger partial charge in [0.05, 0.1) is 0 Å². The SMILES string of the molecule is CCC(C)Nc1ncnc(N2CCC(Cc3ccccc3)CC2)c1N. The molecule has 5 heteroatoms. The van der Waals surface area contributed by atoms with Gasteiger partial charge in [-0.15, -0.1) is 0 Å². The third-order valence-corrected chi connectivity index (χ3v) is 5.14. The summed E-state index contributed by atoms with van der Waals surface area (Å²) < 4.78 is 0. The van der Waals surface area contributed by atoms with Gasteiger partial charge in [-0.1, -0.05) is 37.3 Å². The van der Waals surface area contributed by atoms with Crippen LogP contribution in [-0.2, 0) is 6.42 Å². The van der Waals surface area contributed by atoms with Crippen LogP contribution in [0.2, 0.25) is 0 Å². The second kappa shape index (κ2) is 8.19. The van der Waals surface area contributed by atoms with Gasteiger partial charge in [0, 0.05) is 19.1 Å². The van der Waals surface area contributed by atoms with Gasteiger partial charge in [0.15, 0.2) is 11.6 Å². The van der Waals surface area contributed by atoms with E-state index >= 15 is 0 Å². The van der Waals surface area contributed by atoms with E-state index in [1.165, 1.54) is 18.4 Å². The number of benzene rings is 1. The number of rotatable bonds is 6. The predicted octanol–water partition coefficient (Wildman–Crippen LogP) is 3.73. The summed E-state index contributed by atoms with van der Waals surface area (Å²) in [6.45, 7) is 6.28. The van der Waals surface area contributed by atoms with Crippen LogP contribution in [0.4, 0.5) is 17.3 Å². The van der Waals surface area contributed by atoms with Crippen LogP contribution in [0.5, 0.6) is 0 Å². The molecule has 3 N–H and O–H groups in total. The molecule has 1 aliphatic heterocycles. The average Bonchev–Trinajstić information content (AvgIpc) is 2.65. The Morgan fingerprint density at radius 1 is 1.20 bits per heavy atom. The highest BCUT2D eigenvalue weighted by molar-refractivity contribution is 5.75. The van der Waals surface area contributed by atoms with Crippen molar-refractivity contribution in [3.63, 3.8) is 0 Å². The summed E-state index contributed by atoms with van der Waals surface area (Å²) in [5.74, 6) is 2.36. The zero-order valence-electron chi connectivity index (χ0n) is 15.3. The number of nitrogens with two attached hydrogens (primary N) is 1. The van der Waals surface area contributed by atoms with E-state index in [0.717, 1.165) is 43.5 Å². The lowest BCUT2D eigenvalue weighted by Gasteiger charge is -2.33. The molecule has 0 bridgehead atoms. The van der Waals surface area contributed by atoms with E-state index in [1.54, 1.807) is 6.33 Å². The number of anilines is 3. The summed E-state index contributed by atoms with van der Waals surface area (Å²) in [7, 11) is 0. The van der Waals surface area contributed by atoms with Crippen molar-refractivity contribution < 1.29 is 0 Å². The third-order valence-electron chi connectivity index (χ3n) is 5.14. The minimum atomic E-state index is 0.349. The number of nitrogen functional groups attached to an aromatic ring is 1. The first-order chi connectivity index (χ1) is 12.2. The van der Waals surface area contributed by atoms with Gasteiger partial charge in [-0.25, -0.2) is 9.97 Å². The molecular formula is C20H29N5. The lowest BCUT2D eigenvalue weighted by Crippen LogP contribution is -2.35. The molecule has 1 aromatic heterocycles. The quantitative estimate of drug-likeness (QED) is 0.839. The van der Waals surface area contributed by atoms with Crippen LogP contribution in [0.3, 0.4) is 0 Å². The van der Waals surface area contributed by atoms with Gasteiger partial charge in [-0.05, 0) is 44.1 Å². The Kier molecular flexibility index (Phi) is 5.74. The van der Waals surface area contributed by atoms with Crippen LogP contribution in [0.1, 0.15) is 38.7 Å². The maximum Gasteiger partial charge on any atom is 0.157 e. The van der Waals surface area contributed by atoms with Gasteiger partial charge in [0.25, 0.3) is 0 Å². The number of hydrogen-bond donors (Lipinski definition) is 2. The molecule has 25 heavy (non-hydrogen) atoms. The van der Waals surface area contributed by atoms with Crippen LogP contribution in [0.15, 0.2) is 36.7 Å². The summed E-state index contributed by atoms with van der Waals surface area (Å²) in [5, 5.41) is 3.38. The normalized spacial score (nSPS) is 16.6. The highest BCUT2D eigenvalue weighted by atomic mass is 15.2. The number of nitrogens with zero attached hydrogens (tertiary/aromatic N) is 3. The van der Waals surface area contributed by atoms with E-state index in [4.69, 9.17) is 5.73 Å². The fourth-order valence-corrected chi connectivity index (χ4v) is 3.39. The molecule has 2 aromatic rings. The van der Waals surface area contributed by atoms with Crippen LogP contribution in [0, 0.1) is 5.92 Å². The third kappa shape index (κ3) is 4.41. The Morgan fingerprint density at radius 2 is 1.92 bits per heavy atom. The van der Waals surface area contributed by atoms with E-state index in [0.29, 0.717) is 11.7 Å². The Morgan fingerprint density at radius 3 is 2.60 bits per heavy atom. The number of nitrogens with one attached hydrogen (secondary N) is 1. The monoisotopic (exact) mass is 339 g/mol. The fourth-order valence-electron chi connectivity index (χ4n) is 3.39. The van der Waals surface area contributed by atoms with Crippen LogP contribution in [0.25, 0.3) is 0 Å². The van der Waals surface area contributed by atoms with Gasteiger partial charge in [-0.2, -0.15) is 0 Å². The molecular weight excluding hydrogens is 310 g/mol. The van der Waals surface area contributed by atoms with Crippen molar-refractivity contribution in [3.05, 3.63) is 42.2 Å². The molecule has 0 saturated carbocycles. The van der Waals surface area contributed by atoms with Gasteiger partial charge in [0.2, 0.25) is 0 Å². The molecule has 1 aliphatic rings. The number of piperidine rings is 1. The topological polar surface area (TPSA) is 67.1 Å². The highest BCUT2D eigenvalue weighted by Gasteiger charge is 2.23. The predicted molar refractivity (Wildman–Crippen MR) is 105 cm³/mol. The number of aromatic nitrogens is 2. The van der Waals surface area contributed by atoms with Crippen molar-refractivity contribution in [3.8, 4) is 0 Å². The van der Waals surface area contributed by atoms with Crippen LogP contribution in [-0.4, -0.2) is 29.1 Å². The van der Waals surface area contributed by atoms with Crippen molar-refractivity contribution in [2.45, 2.75) is 45.6 Å². The van der Waals surface area contributed by atoms with Gasteiger partial charge in [-0.3, -0.25) is 0 Å². The first-order valence-electron chi connectivity index (χ1n) is 9.33. The molecule has 1 fully saturated rings. The summed E-state index contributed by atoms with van der Waals surface area (Å²) in [5.41, 5.74) is 8.45. The van der Waals surface area contributed by atoms with E-state index in [1.807, 2.05) is 0 Å². The second-order valence-electron chi connectivity index (χ2n) is 7.03. The van der Waals surface area contributed by atoms with Crippen molar-refractivity contribution >= 4 is 17.3 Å². The summed E-state index contributed by atoms with van der Waals surface area (Å²) in [4.78, 5) is 11.1. The second-order valence-corrected chi connectivity index (χ2v) is 7.03. The first kappa shape index (κ1) is 17.5. The highest BCUT2D eigenvalue weighted by Crippen LogP contribution is 2.31. The largest absolute Gasteiger partial charge is 0.393 e. The van der Waals surface area contributed by atoms with E-state index in [-0.39, 0.29) is 0 Å². The van der Waals surface area contributed by atoms with Crippen molar-refractivity contribution in [1.29, 1.82) is 0 Å². The smallest absolute Gasteiger partial charge is 0.157 e. The molecule has 0 aliphatic carbocycles. The molecule has 3 rings (SSSR count). The number of hydrogen-bond acceptors (Lipinski definition) is 5. The zero-order valence-corrected chi connectivity index (χ0v) is 15.3. The van der Waals surface area contributed by atoms with Gasteiger partial charge >= 0.3 is 0 Å². The molecule has 2 heterocycles. The summed E-state index contributed by atoms with van der Waals surface area (Å²) in [6, 6.07) is 11.1. The maximum atomic E-state index is 6.35. The Labute approximate surface area is 150 Å². The van der Waals surface area contributed by atoms with Gasteiger partial charge in [0.1, 0.15) is 12.0 Å². The molecule has 0 radical (unpaired) electrons. The van der Waals surface area contributed by atoms with E-state index in [9.17, 15) is 0 Å². The minimum absolute atomic E-state index is 0.349. The van der Waals surface area contributed by atoms with Gasteiger partial charge < -0.3 is 16.0 Å². The van der Waals surface area contributed by atoms with E-state index < -0.39 is 0 Å². The van der Waals surface area contributed by atoms with Crippen molar-refractivity contribution in [2.24, 2.45) is 5.92 Å². The maximum absolute atomic E-state index is 6.35. The minimum Gasteiger partial charge on any atom is -0.393 e. The lowest BCUT2D eigenvalue weighted by atomic mass is 9.90. The molecule has 1 saturated heterocycles. The lowest BCUT2D eigenvalue weighted by molar-refractivity contribution is 0.402. The molecule has 5 nitrogen and oxygen atoms in total. The Bertz CT molecular complexity index is 665. The van der Waals surface area contributed by atoms with E-state index in [2.05, 4.69) is 64.4 Å². The Hall–Kier alpha value is -2.30. The average molecular weight is 339 g/mol. The van der Waals surface area contributed by atoms with Crippen LogP contribution >= 0.6 is 0 Å². The zero-order chi connectivity index (χ0) is 17.6. The molecule has 0 amide bonds.